The fraction of sp³-hybridized carbons (Fsp3) is 0.350. The van der Waals surface area contributed by atoms with E-state index in [2.05, 4.69) is 24.1 Å². The molecule has 0 radical (unpaired) electrons. The van der Waals surface area contributed by atoms with Crippen molar-refractivity contribution in [1.82, 2.24) is 9.80 Å². The van der Waals surface area contributed by atoms with Crippen LogP contribution in [0.4, 0.5) is 0 Å². The molecule has 0 aromatic heterocycles. The first-order valence-electron chi connectivity index (χ1n) is 8.48. The second kappa shape index (κ2) is 7.93. The van der Waals surface area contributed by atoms with Crippen molar-refractivity contribution in [3.63, 3.8) is 0 Å². The van der Waals surface area contributed by atoms with E-state index in [-0.39, 0.29) is 11.9 Å². The second-order valence-corrected chi connectivity index (χ2v) is 8.04. The van der Waals surface area contributed by atoms with Gasteiger partial charge in [0.05, 0.1) is 6.04 Å². The smallest absolute Gasteiger partial charge is 0.254 e. The maximum atomic E-state index is 13.2. The Morgan fingerprint density at radius 1 is 1.12 bits per heavy atom. The molecule has 1 aliphatic heterocycles. The van der Waals surface area contributed by atoms with Crippen LogP contribution in [-0.2, 0) is 16.6 Å². The number of rotatable bonds is 4. The van der Waals surface area contributed by atoms with Gasteiger partial charge in [-0.1, -0.05) is 42.5 Å². The van der Waals surface area contributed by atoms with Gasteiger partial charge in [0, 0.05) is 48.0 Å². The van der Waals surface area contributed by atoms with E-state index in [1.165, 1.54) is 0 Å². The Morgan fingerprint density at radius 3 is 2.60 bits per heavy atom. The van der Waals surface area contributed by atoms with Crippen LogP contribution >= 0.6 is 0 Å². The zero-order chi connectivity index (χ0) is 17.8. The highest BCUT2D eigenvalue weighted by atomic mass is 32.2. The molecule has 1 fully saturated rings. The van der Waals surface area contributed by atoms with Gasteiger partial charge in [0.1, 0.15) is 0 Å². The molecule has 4 nitrogen and oxygen atoms in total. The zero-order valence-corrected chi connectivity index (χ0v) is 15.5. The van der Waals surface area contributed by atoms with Crippen LogP contribution in [0.1, 0.15) is 27.5 Å². The first-order chi connectivity index (χ1) is 12.0. The van der Waals surface area contributed by atoms with E-state index in [1.807, 2.05) is 47.4 Å². The summed E-state index contributed by atoms with van der Waals surface area (Å²) in [6.45, 7) is 2.40. The second-order valence-electron chi connectivity index (χ2n) is 6.61. The molecule has 2 aromatic carbocycles. The quantitative estimate of drug-likeness (QED) is 0.846. The molecule has 1 saturated heterocycles. The highest BCUT2D eigenvalue weighted by molar-refractivity contribution is 7.83. The predicted octanol–water partition coefficient (Wildman–Crippen LogP) is 2.69. The summed E-state index contributed by atoms with van der Waals surface area (Å²) in [4.78, 5) is 17.4. The molecule has 2 atom stereocenters. The molecule has 5 heteroatoms. The van der Waals surface area contributed by atoms with Gasteiger partial charge in [0.25, 0.3) is 5.91 Å². The highest BCUT2D eigenvalue weighted by Crippen LogP contribution is 2.26. The maximum absolute atomic E-state index is 13.2. The van der Waals surface area contributed by atoms with Crippen molar-refractivity contribution in [2.45, 2.75) is 11.8 Å². The number of benzene rings is 2. The van der Waals surface area contributed by atoms with Gasteiger partial charge >= 0.3 is 0 Å². The molecule has 0 aliphatic carbocycles. The molecule has 1 aliphatic rings. The molecular weight excluding hydrogens is 332 g/mol. The van der Waals surface area contributed by atoms with Crippen LogP contribution in [-0.4, -0.2) is 52.9 Å². The fourth-order valence-electron chi connectivity index (χ4n) is 3.32. The Morgan fingerprint density at radius 2 is 1.88 bits per heavy atom. The van der Waals surface area contributed by atoms with E-state index < -0.39 is 10.8 Å². The van der Waals surface area contributed by atoms with Crippen LogP contribution in [0.25, 0.3) is 0 Å². The highest BCUT2D eigenvalue weighted by Gasteiger charge is 2.30. The van der Waals surface area contributed by atoms with Crippen molar-refractivity contribution >= 4 is 16.7 Å². The standard InChI is InChI=1S/C20H24N2O2S/c1-21-11-12-22(19(14-21)17-8-4-3-5-9-17)20(23)18-10-6-7-16(13-18)15-25(2)24/h3-10,13,19H,11-12,14-15H2,1-2H3. The van der Waals surface area contributed by atoms with Crippen LogP contribution in [0.3, 0.4) is 0 Å². The van der Waals surface area contributed by atoms with Gasteiger partial charge in [0.2, 0.25) is 0 Å². The molecular formula is C20H24N2O2S. The van der Waals surface area contributed by atoms with E-state index in [4.69, 9.17) is 0 Å². The fourth-order valence-corrected chi connectivity index (χ4v) is 3.97. The lowest BCUT2D eigenvalue weighted by atomic mass is 10.0. The minimum absolute atomic E-state index is 0.0469. The molecule has 0 saturated carbocycles. The molecule has 25 heavy (non-hydrogen) atoms. The molecule has 0 N–H and O–H groups in total. The number of amides is 1. The molecule has 0 spiro atoms. The number of nitrogens with zero attached hydrogens (tertiary/aromatic N) is 2. The Kier molecular flexibility index (Phi) is 5.66. The third-order valence-corrected chi connectivity index (χ3v) is 5.31. The molecule has 2 unspecified atom stereocenters. The van der Waals surface area contributed by atoms with Gasteiger partial charge in [-0.3, -0.25) is 9.00 Å². The first kappa shape index (κ1) is 17.8. The summed E-state index contributed by atoms with van der Waals surface area (Å²) >= 11 is 0. The summed E-state index contributed by atoms with van der Waals surface area (Å²) in [7, 11) is 1.18. The first-order valence-corrected chi connectivity index (χ1v) is 10.2. The summed E-state index contributed by atoms with van der Waals surface area (Å²) in [5.41, 5.74) is 2.78. The average Bonchev–Trinajstić information content (AvgIpc) is 2.61. The third kappa shape index (κ3) is 4.35. The van der Waals surface area contributed by atoms with Crippen molar-refractivity contribution in [2.75, 3.05) is 32.9 Å². The van der Waals surface area contributed by atoms with Crippen LogP contribution in [0.2, 0.25) is 0 Å². The lowest BCUT2D eigenvalue weighted by Crippen LogP contribution is -2.49. The minimum Gasteiger partial charge on any atom is -0.329 e. The maximum Gasteiger partial charge on any atom is 0.254 e. The lowest BCUT2D eigenvalue weighted by molar-refractivity contribution is 0.0498. The Balaban J connectivity index is 1.87. The summed E-state index contributed by atoms with van der Waals surface area (Å²) in [5, 5.41) is 0. The number of carbonyl (C=O) groups excluding carboxylic acids is 1. The molecule has 2 aromatic rings. The lowest BCUT2D eigenvalue weighted by Gasteiger charge is -2.40. The number of carbonyl (C=O) groups is 1. The molecule has 132 valence electrons. The largest absolute Gasteiger partial charge is 0.329 e. The molecule has 1 heterocycles. The van der Waals surface area contributed by atoms with E-state index in [9.17, 15) is 9.00 Å². The summed E-state index contributed by atoms with van der Waals surface area (Å²) in [5.74, 6) is 0.525. The van der Waals surface area contributed by atoms with Crippen LogP contribution in [0, 0.1) is 0 Å². The minimum atomic E-state index is -0.916. The summed E-state index contributed by atoms with van der Waals surface area (Å²) in [6.07, 6.45) is 1.68. The topological polar surface area (TPSA) is 40.6 Å². The zero-order valence-electron chi connectivity index (χ0n) is 14.7. The van der Waals surface area contributed by atoms with Crippen LogP contribution < -0.4 is 0 Å². The van der Waals surface area contributed by atoms with Gasteiger partial charge < -0.3 is 9.80 Å². The van der Waals surface area contributed by atoms with Gasteiger partial charge in [-0.15, -0.1) is 0 Å². The predicted molar refractivity (Wildman–Crippen MR) is 102 cm³/mol. The van der Waals surface area contributed by atoms with Gasteiger partial charge in [-0.2, -0.15) is 0 Å². The normalized spacial score (nSPS) is 19.6. The van der Waals surface area contributed by atoms with Gasteiger partial charge in [-0.05, 0) is 30.3 Å². The van der Waals surface area contributed by atoms with Gasteiger partial charge in [-0.25, -0.2) is 0 Å². The summed E-state index contributed by atoms with van der Waals surface area (Å²) < 4.78 is 11.5. The van der Waals surface area contributed by atoms with Crippen molar-refractivity contribution in [2.24, 2.45) is 0 Å². The van der Waals surface area contributed by atoms with Crippen molar-refractivity contribution in [3.05, 3.63) is 71.3 Å². The van der Waals surface area contributed by atoms with Gasteiger partial charge in [0.15, 0.2) is 0 Å². The Bertz CT molecular complexity index is 763. The molecule has 1 amide bonds. The molecule has 0 bridgehead atoms. The van der Waals surface area contributed by atoms with Crippen molar-refractivity contribution in [3.8, 4) is 0 Å². The number of likely N-dealkylation sites (N-methyl/N-ethyl adjacent to an activating group) is 1. The number of piperazine rings is 1. The van der Waals surface area contributed by atoms with Crippen LogP contribution in [0.5, 0.6) is 0 Å². The monoisotopic (exact) mass is 356 g/mol. The van der Waals surface area contributed by atoms with Crippen LogP contribution in [0.15, 0.2) is 54.6 Å². The third-order valence-electron chi connectivity index (χ3n) is 4.57. The van der Waals surface area contributed by atoms with Crippen molar-refractivity contribution in [1.29, 1.82) is 0 Å². The van der Waals surface area contributed by atoms with Crippen molar-refractivity contribution < 1.29 is 9.00 Å². The summed E-state index contributed by atoms with van der Waals surface area (Å²) in [6, 6.07) is 17.8. The number of hydrogen-bond acceptors (Lipinski definition) is 3. The Hall–Kier alpha value is -1.98. The van der Waals surface area contributed by atoms with E-state index in [0.717, 1.165) is 24.2 Å². The van der Waals surface area contributed by atoms with E-state index >= 15 is 0 Å². The molecule has 3 rings (SSSR count). The van der Waals surface area contributed by atoms with E-state index in [0.29, 0.717) is 17.9 Å². The number of hydrogen-bond donors (Lipinski definition) is 0. The van der Waals surface area contributed by atoms with E-state index in [1.54, 1.807) is 6.26 Å². The average molecular weight is 356 g/mol. The SMILES string of the molecule is CN1CCN(C(=O)c2cccc(CS(C)=O)c2)C(c2ccccc2)C1. The Labute approximate surface area is 151 Å².